The highest BCUT2D eigenvalue weighted by Gasteiger charge is 2.12. The predicted molar refractivity (Wildman–Crippen MR) is 62.9 cm³/mol. The Labute approximate surface area is 95.0 Å². The lowest BCUT2D eigenvalue weighted by molar-refractivity contribution is 0.0697. The summed E-state index contributed by atoms with van der Waals surface area (Å²) in [4.78, 5) is 10.9. The van der Waals surface area contributed by atoms with Gasteiger partial charge in [0, 0.05) is 5.69 Å². The highest BCUT2D eigenvalue weighted by Crippen LogP contribution is 2.24. The van der Waals surface area contributed by atoms with Crippen LogP contribution < -0.4 is 10.5 Å². The fraction of sp³-hybridized carbons (Fsp3) is 0.417. The van der Waals surface area contributed by atoms with E-state index in [9.17, 15) is 4.79 Å². The number of anilines is 1. The SMILES string of the molecule is Cc1cc(OCC(C)C)cc(C(=O)O)c1N. The van der Waals surface area contributed by atoms with Gasteiger partial charge in [0.05, 0.1) is 12.2 Å². The van der Waals surface area contributed by atoms with E-state index < -0.39 is 5.97 Å². The summed E-state index contributed by atoms with van der Waals surface area (Å²) in [6.45, 7) is 6.39. The summed E-state index contributed by atoms with van der Waals surface area (Å²) >= 11 is 0. The van der Waals surface area contributed by atoms with E-state index in [0.29, 0.717) is 24.0 Å². The number of nitrogen functional groups attached to an aromatic ring is 1. The summed E-state index contributed by atoms with van der Waals surface area (Å²) in [7, 11) is 0. The molecule has 88 valence electrons. The van der Waals surface area contributed by atoms with E-state index in [4.69, 9.17) is 15.6 Å². The quantitative estimate of drug-likeness (QED) is 0.768. The first-order valence-electron chi connectivity index (χ1n) is 5.18. The second-order valence-electron chi connectivity index (χ2n) is 4.21. The molecule has 1 aromatic rings. The average Bonchev–Trinajstić information content (AvgIpc) is 2.19. The second-order valence-corrected chi connectivity index (χ2v) is 4.21. The van der Waals surface area contributed by atoms with Crippen LogP contribution in [-0.2, 0) is 0 Å². The molecule has 0 fully saturated rings. The topological polar surface area (TPSA) is 72.5 Å². The molecule has 0 spiro atoms. The van der Waals surface area contributed by atoms with Crippen molar-refractivity contribution in [3.63, 3.8) is 0 Å². The van der Waals surface area contributed by atoms with Crippen LogP contribution in [0.4, 0.5) is 5.69 Å². The van der Waals surface area contributed by atoms with Crippen molar-refractivity contribution in [1.82, 2.24) is 0 Å². The van der Waals surface area contributed by atoms with Gasteiger partial charge in [-0.25, -0.2) is 4.79 Å². The third-order valence-corrected chi connectivity index (χ3v) is 2.17. The van der Waals surface area contributed by atoms with Crippen LogP contribution in [0.1, 0.15) is 29.8 Å². The van der Waals surface area contributed by atoms with Crippen LogP contribution >= 0.6 is 0 Å². The van der Waals surface area contributed by atoms with Crippen molar-refractivity contribution in [3.8, 4) is 5.75 Å². The molecule has 0 amide bonds. The number of hydrogen-bond donors (Lipinski definition) is 2. The van der Waals surface area contributed by atoms with E-state index in [1.807, 2.05) is 13.8 Å². The Morgan fingerprint density at radius 2 is 2.12 bits per heavy atom. The van der Waals surface area contributed by atoms with Gasteiger partial charge in [0.2, 0.25) is 0 Å². The molecular weight excluding hydrogens is 206 g/mol. The molecule has 0 bridgehead atoms. The standard InChI is InChI=1S/C12H17NO3/c1-7(2)6-16-9-4-8(3)11(13)10(5-9)12(14)15/h4-5,7H,6,13H2,1-3H3,(H,14,15). The van der Waals surface area contributed by atoms with Crippen molar-refractivity contribution in [2.75, 3.05) is 12.3 Å². The zero-order valence-electron chi connectivity index (χ0n) is 9.78. The molecule has 0 atom stereocenters. The monoisotopic (exact) mass is 223 g/mol. The van der Waals surface area contributed by atoms with Gasteiger partial charge >= 0.3 is 5.97 Å². The molecule has 4 nitrogen and oxygen atoms in total. The molecule has 0 aliphatic rings. The van der Waals surface area contributed by atoms with Gasteiger partial charge < -0.3 is 15.6 Å². The Kier molecular flexibility index (Phi) is 3.77. The van der Waals surface area contributed by atoms with Crippen molar-refractivity contribution in [2.45, 2.75) is 20.8 Å². The third-order valence-electron chi connectivity index (χ3n) is 2.17. The lowest BCUT2D eigenvalue weighted by Crippen LogP contribution is -2.08. The average molecular weight is 223 g/mol. The third kappa shape index (κ3) is 2.89. The highest BCUT2D eigenvalue weighted by atomic mass is 16.5. The Bertz CT molecular complexity index is 399. The largest absolute Gasteiger partial charge is 0.493 e. The summed E-state index contributed by atoms with van der Waals surface area (Å²) in [6, 6.07) is 3.22. The number of carboxylic acids is 1. The summed E-state index contributed by atoms with van der Waals surface area (Å²) in [6.07, 6.45) is 0. The molecule has 0 aliphatic carbocycles. The number of benzene rings is 1. The molecular formula is C12H17NO3. The molecule has 1 aromatic carbocycles. The van der Waals surface area contributed by atoms with Gasteiger partial charge in [0.15, 0.2) is 0 Å². The molecule has 0 saturated carbocycles. The van der Waals surface area contributed by atoms with E-state index in [0.717, 1.165) is 5.56 Å². The minimum absolute atomic E-state index is 0.0961. The Balaban J connectivity index is 3.00. The van der Waals surface area contributed by atoms with Gasteiger partial charge in [-0.3, -0.25) is 0 Å². The number of hydrogen-bond acceptors (Lipinski definition) is 3. The Hall–Kier alpha value is -1.71. The lowest BCUT2D eigenvalue weighted by Gasteiger charge is -2.12. The molecule has 0 unspecified atom stereocenters. The fourth-order valence-electron chi connectivity index (χ4n) is 1.29. The summed E-state index contributed by atoms with van der Waals surface area (Å²) in [5.74, 6) is -0.0838. The molecule has 0 aromatic heterocycles. The zero-order chi connectivity index (χ0) is 12.3. The molecule has 3 N–H and O–H groups in total. The van der Waals surface area contributed by atoms with E-state index in [1.54, 1.807) is 13.0 Å². The van der Waals surface area contributed by atoms with E-state index in [1.165, 1.54) is 6.07 Å². The molecule has 1 rings (SSSR count). The minimum Gasteiger partial charge on any atom is -0.493 e. The minimum atomic E-state index is -1.03. The normalized spacial score (nSPS) is 10.5. The van der Waals surface area contributed by atoms with E-state index in [2.05, 4.69) is 0 Å². The summed E-state index contributed by atoms with van der Waals surface area (Å²) in [5.41, 5.74) is 6.78. The number of carbonyl (C=O) groups is 1. The smallest absolute Gasteiger partial charge is 0.337 e. The first kappa shape index (κ1) is 12.4. The Morgan fingerprint density at radius 3 is 2.62 bits per heavy atom. The first-order chi connectivity index (χ1) is 7.41. The maximum atomic E-state index is 10.9. The van der Waals surface area contributed by atoms with Crippen molar-refractivity contribution in [3.05, 3.63) is 23.3 Å². The maximum absolute atomic E-state index is 10.9. The summed E-state index contributed by atoms with van der Waals surface area (Å²) in [5, 5.41) is 8.96. The van der Waals surface area contributed by atoms with Gasteiger partial charge in [0.25, 0.3) is 0 Å². The molecule has 0 saturated heterocycles. The van der Waals surface area contributed by atoms with Crippen LogP contribution in [0.5, 0.6) is 5.75 Å². The summed E-state index contributed by atoms with van der Waals surface area (Å²) < 4.78 is 5.48. The van der Waals surface area contributed by atoms with Crippen molar-refractivity contribution in [2.24, 2.45) is 5.92 Å². The molecule has 0 radical (unpaired) electrons. The van der Waals surface area contributed by atoms with Crippen molar-refractivity contribution < 1.29 is 14.6 Å². The second kappa shape index (κ2) is 4.88. The predicted octanol–water partition coefficient (Wildman–Crippen LogP) is 2.31. The number of ether oxygens (including phenoxy) is 1. The molecule has 0 aliphatic heterocycles. The van der Waals surface area contributed by atoms with Gasteiger partial charge in [-0.15, -0.1) is 0 Å². The van der Waals surface area contributed by atoms with Crippen LogP contribution in [0.3, 0.4) is 0 Å². The van der Waals surface area contributed by atoms with Gasteiger partial charge in [-0.1, -0.05) is 13.8 Å². The number of rotatable bonds is 4. The van der Waals surface area contributed by atoms with Crippen LogP contribution in [0, 0.1) is 12.8 Å². The van der Waals surface area contributed by atoms with Gasteiger partial charge in [0.1, 0.15) is 5.75 Å². The van der Waals surface area contributed by atoms with Crippen molar-refractivity contribution >= 4 is 11.7 Å². The Morgan fingerprint density at radius 1 is 1.50 bits per heavy atom. The maximum Gasteiger partial charge on any atom is 0.337 e. The van der Waals surface area contributed by atoms with Crippen LogP contribution in [0.15, 0.2) is 12.1 Å². The molecule has 0 heterocycles. The van der Waals surface area contributed by atoms with Gasteiger partial charge in [-0.05, 0) is 30.5 Å². The molecule has 4 heteroatoms. The van der Waals surface area contributed by atoms with E-state index in [-0.39, 0.29) is 5.56 Å². The zero-order valence-corrected chi connectivity index (χ0v) is 9.78. The highest BCUT2D eigenvalue weighted by molar-refractivity contribution is 5.95. The van der Waals surface area contributed by atoms with Gasteiger partial charge in [-0.2, -0.15) is 0 Å². The first-order valence-corrected chi connectivity index (χ1v) is 5.18. The van der Waals surface area contributed by atoms with Crippen molar-refractivity contribution in [1.29, 1.82) is 0 Å². The number of aromatic carboxylic acids is 1. The van der Waals surface area contributed by atoms with E-state index >= 15 is 0 Å². The van der Waals surface area contributed by atoms with Crippen LogP contribution in [-0.4, -0.2) is 17.7 Å². The van der Waals surface area contributed by atoms with Crippen LogP contribution in [0.25, 0.3) is 0 Å². The molecule has 16 heavy (non-hydrogen) atoms. The fourth-order valence-corrected chi connectivity index (χ4v) is 1.29. The number of nitrogens with two attached hydrogens (primary N) is 1. The number of carboxylic acid groups (broad SMARTS) is 1. The number of aryl methyl sites for hydroxylation is 1. The lowest BCUT2D eigenvalue weighted by atomic mass is 10.1. The van der Waals surface area contributed by atoms with Crippen LogP contribution in [0.2, 0.25) is 0 Å².